The summed E-state index contributed by atoms with van der Waals surface area (Å²) >= 11 is 5.88. The van der Waals surface area contributed by atoms with Gasteiger partial charge in [-0.1, -0.05) is 17.7 Å². The zero-order valence-corrected chi connectivity index (χ0v) is 10.5. The second-order valence-corrected chi connectivity index (χ2v) is 4.25. The lowest BCUT2D eigenvalue weighted by Gasteiger charge is -1.88. The van der Waals surface area contributed by atoms with Crippen LogP contribution in [-0.4, -0.2) is 16.1 Å². The molecule has 1 heterocycles. The van der Waals surface area contributed by atoms with Crippen molar-refractivity contribution < 1.29 is 9.90 Å². The molecule has 0 saturated carbocycles. The van der Waals surface area contributed by atoms with Crippen LogP contribution in [0.5, 0.6) is 0 Å². The third-order valence-electron chi connectivity index (χ3n) is 2.49. The molecule has 0 aliphatic heterocycles. The van der Waals surface area contributed by atoms with Gasteiger partial charge in [0.25, 0.3) is 0 Å². The van der Waals surface area contributed by atoms with Crippen LogP contribution in [0, 0.1) is 11.3 Å². The molecule has 0 bridgehead atoms. The third-order valence-corrected chi connectivity index (χ3v) is 2.73. The number of aliphatic carboxylic acids is 1. The lowest BCUT2D eigenvalue weighted by molar-refractivity contribution is -0.132. The lowest BCUT2D eigenvalue weighted by atomic mass is 10.2. The van der Waals surface area contributed by atoms with Crippen LogP contribution >= 0.6 is 11.6 Å². The number of hydrogen-bond acceptors (Lipinski definition) is 2. The van der Waals surface area contributed by atoms with E-state index in [2.05, 4.69) is 4.98 Å². The van der Waals surface area contributed by atoms with E-state index in [1.54, 1.807) is 18.2 Å². The van der Waals surface area contributed by atoms with Crippen molar-refractivity contribution in [2.75, 3.05) is 0 Å². The lowest BCUT2D eigenvalue weighted by Crippen LogP contribution is -1.96. The molecule has 4 nitrogen and oxygen atoms in total. The van der Waals surface area contributed by atoms with E-state index < -0.39 is 5.97 Å². The number of carbonyl (C=O) groups is 1. The number of hydrogen-bond donors (Lipinski definition) is 2. The average Bonchev–Trinajstić information content (AvgIpc) is 2.75. The Hall–Kier alpha value is -2.51. The van der Waals surface area contributed by atoms with Crippen molar-refractivity contribution in [1.29, 1.82) is 5.26 Å². The largest absolute Gasteiger partial charge is 0.477 e. The van der Waals surface area contributed by atoms with Crippen molar-refractivity contribution in [3.05, 3.63) is 52.7 Å². The Bertz CT molecular complexity index is 735. The minimum Gasteiger partial charge on any atom is -0.477 e. The molecule has 0 amide bonds. The van der Waals surface area contributed by atoms with Gasteiger partial charge in [0.05, 0.1) is 0 Å². The van der Waals surface area contributed by atoms with E-state index in [-0.39, 0.29) is 5.57 Å². The van der Waals surface area contributed by atoms with Gasteiger partial charge in [0.15, 0.2) is 0 Å². The monoisotopic (exact) mass is 272 g/mol. The normalized spacial score (nSPS) is 11.9. The highest BCUT2D eigenvalue weighted by atomic mass is 35.5. The van der Waals surface area contributed by atoms with E-state index >= 15 is 0 Å². The fourth-order valence-corrected chi connectivity index (χ4v) is 1.80. The van der Waals surface area contributed by atoms with Crippen LogP contribution in [0.2, 0.25) is 5.02 Å². The first-order valence-corrected chi connectivity index (χ1v) is 5.78. The number of aromatic nitrogens is 1. The molecule has 2 N–H and O–H groups in total. The quantitative estimate of drug-likeness (QED) is 0.511. The second kappa shape index (κ2) is 5.42. The molecule has 0 atom stereocenters. The minimum absolute atomic E-state index is 0.310. The highest BCUT2D eigenvalue weighted by molar-refractivity contribution is 6.31. The molecule has 0 unspecified atom stereocenters. The molecule has 0 saturated heterocycles. The SMILES string of the molecule is N#CC(=CC=Cc1cc2cc(Cl)ccc2[nH]1)C(=O)O. The first kappa shape index (κ1) is 12.9. The number of nitrogens with zero attached hydrogens (tertiary/aromatic N) is 1. The number of nitrogens with one attached hydrogen (secondary N) is 1. The summed E-state index contributed by atoms with van der Waals surface area (Å²) < 4.78 is 0. The molecule has 1 aromatic heterocycles. The number of benzene rings is 1. The Labute approximate surface area is 114 Å². The van der Waals surface area contributed by atoms with Crippen LogP contribution in [0.25, 0.3) is 17.0 Å². The van der Waals surface area contributed by atoms with Crippen molar-refractivity contribution in [3.8, 4) is 6.07 Å². The maximum Gasteiger partial charge on any atom is 0.346 e. The number of fused-ring (bicyclic) bond motifs is 1. The maximum atomic E-state index is 10.6. The Kier molecular flexibility index (Phi) is 3.69. The van der Waals surface area contributed by atoms with Gasteiger partial charge >= 0.3 is 5.97 Å². The number of allylic oxidation sites excluding steroid dienone is 2. The van der Waals surface area contributed by atoms with Gasteiger partial charge in [-0.2, -0.15) is 5.26 Å². The van der Waals surface area contributed by atoms with Gasteiger partial charge in [-0.25, -0.2) is 4.79 Å². The molecule has 0 fully saturated rings. The Morgan fingerprint density at radius 1 is 1.42 bits per heavy atom. The predicted octanol–water partition coefficient (Wildman–Crippen LogP) is 3.37. The maximum absolute atomic E-state index is 10.6. The van der Waals surface area contributed by atoms with Gasteiger partial charge in [0, 0.05) is 21.6 Å². The fourth-order valence-electron chi connectivity index (χ4n) is 1.62. The predicted molar refractivity (Wildman–Crippen MR) is 73.7 cm³/mol. The highest BCUT2D eigenvalue weighted by Gasteiger charge is 2.03. The molecule has 1 aromatic carbocycles. The van der Waals surface area contributed by atoms with Crippen molar-refractivity contribution in [1.82, 2.24) is 4.98 Å². The van der Waals surface area contributed by atoms with E-state index in [1.807, 2.05) is 18.2 Å². The molecule has 94 valence electrons. The van der Waals surface area contributed by atoms with Gasteiger partial charge in [-0.15, -0.1) is 0 Å². The minimum atomic E-state index is -1.24. The van der Waals surface area contributed by atoms with Gasteiger partial charge in [-0.05, 0) is 36.4 Å². The molecular weight excluding hydrogens is 264 g/mol. The average molecular weight is 273 g/mol. The summed E-state index contributed by atoms with van der Waals surface area (Å²) in [6.07, 6.45) is 4.45. The van der Waals surface area contributed by atoms with Crippen LogP contribution in [0.3, 0.4) is 0 Å². The Balaban J connectivity index is 2.27. The van der Waals surface area contributed by atoms with Crippen molar-refractivity contribution >= 4 is 34.5 Å². The van der Waals surface area contributed by atoms with Crippen LogP contribution in [0.4, 0.5) is 0 Å². The molecule has 5 heteroatoms. The second-order valence-electron chi connectivity index (χ2n) is 3.81. The molecule has 2 aromatic rings. The van der Waals surface area contributed by atoms with Crippen LogP contribution < -0.4 is 0 Å². The van der Waals surface area contributed by atoms with E-state index in [4.69, 9.17) is 22.0 Å². The number of halogens is 1. The first-order valence-electron chi connectivity index (χ1n) is 5.40. The zero-order chi connectivity index (χ0) is 13.8. The summed E-state index contributed by atoms with van der Waals surface area (Å²) in [4.78, 5) is 13.7. The van der Waals surface area contributed by atoms with Crippen LogP contribution in [-0.2, 0) is 4.79 Å². The zero-order valence-electron chi connectivity index (χ0n) is 9.72. The standard InChI is InChI=1S/C14H9ClN2O2/c15-11-4-5-13-10(6-11)7-12(17-13)3-1-2-9(8-16)14(18)19/h1-7,17H,(H,18,19). The first-order chi connectivity index (χ1) is 9.10. The molecule has 0 spiro atoms. The molecular formula is C14H9ClN2O2. The summed E-state index contributed by atoms with van der Waals surface area (Å²) in [7, 11) is 0. The molecule has 2 rings (SSSR count). The van der Waals surface area contributed by atoms with E-state index in [9.17, 15) is 4.79 Å². The van der Waals surface area contributed by atoms with E-state index in [0.29, 0.717) is 5.02 Å². The Morgan fingerprint density at radius 3 is 2.89 bits per heavy atom. The summed E-state index contributed by atoms with van der Waals surface area (Å²) in [5.74, 6) is -1.24. The topological polar surface area (TPSA) is 76.9 Å². The molecule has 19 heavy (non-hydrogen) atoms. The fraction of sp³-hybridized carbons (Fsp3) is 0. The summed E-state index contributed by atoms with van der Waals surface area (Å²) in [5, 5.41) is 18.9. The summed E-state index contributed by atoms with van der Waals surface area (Å²) in [6.45, 7) is 0. The van der Waals surface area contributed by atoms with E-state index in [1.165, 1.54) is 12.2 Å². The Morgan fingerprint density at radius 2 is 2.21 bits per heavy atom. The van der Waals surface area contributed by atoms with Crippen LogP contribution in [0.15, 0.2) is 42.0 Å². The van der Waals surface area contributed by atoms with Gasteiger partial charge in [0.1, 0.15) is 11.6 Å². The number of nitriles is 1. The van der Waals surface area contributed by atoms with Gasteiger partial charge in [-0.3, -0.25) is 0 Å². The third kappa shape index (κ3) is 3.03. The number of carboxylic acid groups (broad SMARTS) is 1. The smallest absolute Gasteiger partial charge is 0.346 e. The van der Waals surface area contributed by atoms with Crippen LogP contribution in [0.1, 0.15) is 5.69 Å². The number of H-pyrrole nitrogens is 1. The van der Waals surface area contributed by atoms with Crippen molar-refractivity contribution in [2.24, 2.45) is 0 Å². The number of carboxylic acids is 1. The van der Waals surface area contributed by atoms with E-state index in [0.717, 1.165) is 16.6 Å². The summed E-state index contributed by atoms with van der Waals surface area (Å²) in [5.41, 5.74) is 1.43. The molecule has 0 radical (unpaired) electrons. The number of aromatic amines is 1. The van der Waals surface area contributed by atoms with Gasteiger partial charge < -0.3 is 10.1 Å². The van der Waals surface area contributed by atoms with Crippen molar-refractivity contribution in [2.45, 2.75) is 0 Å². The highest BCUT2D eigenvalue weighted by Crippen LogP contribution is 2.20. The van der Waals surface area contributed by atoms with Gasteiger partial charge in [0.2, 0.25) is 0 Å². The number of rotatable bonds is 3. The van der Waals surface area contributed by atoms with Crippen molar-refractivity contribution in [3.63, 3.8) is 0 Å². The molecule has 0 aliphatic rings. The summed E-state index contributed by atoms with van der Waals surface area (Å²) in [6, 6.07) is 8.97. The molecule has 0 aliphatic carbocycles.